The van der Waals surface area contributed by atoms with Crippen LogP contribution in [0.5, 0.6) is 0 Å². The Bertz CT molecular complexity index is 716. The first-order valence-corrected chi connectivity index (χ1v) is 7.92. The van der Waals surface area contributed by atoms with Crippen molar-refractivity contribution in [1.82, 2.24) is 10.3 Å². The Kier molecular flexibility index (Phi) is 4.93. The number of nitrogens with one attached hydrogen (secondary N) is 1. The third-order valence-electron chi connectivity index (χ3n) is 3.60. The first kappa shape index (κ1) is 15.6. The van der Waals surface area contributed by atoms with E-state index < -0.39 is 0 Å². The van der Waals surface area contributed by atoms with Crippen molar-refractivity contribution in [2.24, 2.45) is 0 Å². The molecule has 0 saturated heterocycles. The molecule has 1 aromatic heterocycles. The minimum atomic E-state index is -0.381. The average Bonchev–Trinajstić information content (AvgIpc) is 2.61. The summed E-state index contributed by atoms with van der Waals surface area (Å²) in [6.45, 7) is 0.574. The predicted molar refractivity (Wildman–Crippen MR) is 88.9 cm³/mol. The Balaban J connectivity index is 1.89. The maximum atomic E-state index is 12.5. The van der Waals surface area contributed by atoms with Crippen LogP contribution in [0.15, 0.2) is 60.5 Å². The van der Waals surface area contributed by atoms with Gasteiger partial charge in [0.15, 0.2) is 5.76 Å². The molecule has 2 aromatic rings. The molecule has 1 aliphatic heterocycles. The van der Waals surface area contributed by atoms with Gasteiger partial charge in [0.25, 0.3) is 5.91 Å². The predicted octanol–water partition coefficient (Wildman–Crippen LogP) is 3.63. The summed E-state index contributed by atoms with van der Waals surface area (Å²) < 4.78 is 5.44. The van der Waals surface area contributed by atoms with Crippen LogP contribution < -0.4 is 5.32 Å². The molecular formula is C18H17ClN2O2. The molecule has 0 saturated carbocycles. The number of pyridine rings is 1. The van der Waals surface area contributed by atoms with Crippen LogP contribution in [0.1, 0.15) is 30.1 Å². The molecule has 1 atom stereocenters. The number of ether oxygens (including phenoxy) is 1. The number of carbonyl (C=O) groups excluding carboxylic acids is 1. The SMILES string of the molecule is O=C(NC(c1cccc(Cl)c1)c1ccccn1)C1=CCCCO1. The molecule has 0 radical (unpaired) electrons. The van der Waals surface area contributed by atoms with Gasteiger partial charge in [0.05, 0.1) is 18.3 Å². The third kappa shape index (κ3) is 3.90. The molecule has 0 spiro atoms. The van der Waals surface area contributed by atoms with E-state index in [0.717, 1.165) is 24.1 Å². The Labute approximate surface area is 140 Å². The van der Waals surface area contributed by atoms with E-state index in [9.17, 15) is 4.79 Å². The van der Waals surface area contributed by atoms with Gasteiger partial charge in [0, 0.05) is 11.2 Å². The molecule has 1 N–H and O–H groups in total. The molecule has 1 unspecified atom stereocenters. The highest BCUT2D eigenvalue weighted by Gasteiger charge is 2.22. The number of halogens is 1. The fourth-order valence-corrected chi connectivity index (χ4v) is 2.68. The maximum Gasteiger partial charge on any atom is 0.286 e. The zero-order valence-electron chi connectivity index (χ0n) is 12.5. The lowest BCUT2D eigenvalue weighted by atomic mass is 10.0. The van der Waals surface area contributed by atoms with Crippen molar-refractivity contribution in [2.75, 3.05) is 6.61 Å². The van der Waals surface area contributed by atoms with Gasteiger partial charge in [-0.1, -0.05) is 29.8 Å². The highest BCUT2D eigenvalue weighted by Crippen LogP contribution is 2.24. The molecule has 3 rings (SSSR count). The first-order chi connectivity index (χ1) is 11.2. The summed E-state index contributed by atoms with van der Waals surface area (Å²) in [5.41, 5.74) is 1.63. The van der Waals surface area contributed by atoms with Crippen LogP contribution >= 0.6 is 11.6 Å². The lowest BCUT2D eigenvalue weighted by molar-refractivity contribution is -0.121. The smallest absolute Gasteiger partial charge is 0.286 e. The van der Waals surface area contributed by atoms with Gasteiger partial charge in [-0.05, 0) is 48.7 Å². The minimum absolute atomic E-state index is 0.236. The Morgan fingerprint density at radius 3 is 2.87 bits per heavy atom. The van der Waals surface area contributed by atoms with Crippen LogP contribution in [0.3, 0.4) is 0 Å². The molecule has 4 nitrogen and oxygen atoms in total. The Morgan fingerprint density at radius 2 is 2.17 bits per heavy atom. The topological polar surface area (TPSA) is 51.2 Å². The van der Waals surface area contributed by atoms with E-state index in [4.69, 9.17) is 16.3 Å². The average molecular weight is 329 g/mol. The van der Waals surface area contributed by atoms with Crippen molar-refractivity contribution in [3.05, 3.63) is 76.8 Å². The van der Waals surface area contributed by atoms with Crippen molar-refractivity contribution in [2.45, 2.75) is 18.9 Å². The van der Waals surface area contributed by atoms with E-state index in [1.165, 1.54) is 0 Å². The summed E-state index contributed by atoms with van der Waals surface area (Å²) in [5.74, 6) is 0.138. The van der Waals surface area contributed by atoms with Gasteiger partial charge in [-0.2, -0.15) is 0 Å². The highest BCUT2D eigenvalue weighted by atomic mass is 35.5. The lowest BCUT2D eigenvalue weighted by Crippen LogP contribution is -2.32. The van der Waals surface area contributed by atoms with E-state index >= 15 is 0 Å². The van der Waals surface area contributed by atoms with E-state index in [1.807, 2.05) is 42.5 Å². The fourth-order valence-electron chi connectivity index (χ4n) is 2.48. The number of carbonyl (C=O) groups is 1. The van der Waals surface area contributed by atoms with Crippen molar-refractivity contribution < 1.29 is 9.53 Å². The normalized spacial score (nSPS) is 15.3. The summed E-state index contributed by atoms with van der Waals surface area (Å²) >= 11 is 6.09. The second-order valence-corrected chi connectivity index (χ2v) is 5.71. The lowest BCUT2D eigenvalue weighted by Gasteiger charge is -2.21. The quantitative estimate of drug-likeness (QED) is 0.932. The van der Waals surface area contributed by atoms with Gasteiger partial charge in [-0.3, -0.25) is 9.78 Å². The molecule has 23 heavy (non-hydrogen) atoms. The molecule has 0 fully saturated rings. The van der Waals surface area contributed by atoms with Gasteiger partial charge in [0.1, 0.15) is 0 Å². The number of aromatic nitrogens is 1. The van der Waals surface area contributed by atoms with Crippen molar-refractivity contribution >= 4 is 17.5 Å². The second kappa shape index (κ2) is 7.29. The van der Waals surface area contributed by atoms with Gasteiger partial charge in [-0.25, -0.2) is 0 Å². The monoisotopic (exact) mass is 328 g/mol. The number of hydrogen-bond donors (Lipinski definition) is 1. The van der Waals surface area contributed by atoms with Crippen molar-refractivity contribution in [3.63, 3.8) is 0 Å². The van der Waals surface area contributed by atoms with E-state index in [1.54, 1.807) is 12.3 Å². The van der Waals surface area contributed by atoms with Crippen LogP contribution in [0.25, 0.3) is 0 Å². The second-order valence-electron chi connectivity index (χ2n) is 5.28. The van der Waals surface area contributed by atoms with Gasteiger partial charge < -0.3 is 10.1 Å². The number of allylic oxidation sites excluding steroid dienone is 1. The highest BCUT2D eigenvalue weighted by molar-refractivity contribution is 6.30. The summed E-state index contributed by atoms with van der Waals surface area (Å²) in [6, 6.07) is 12.6. The largest absolute Gasteiger partial charge is 0.488 e. The summed E-state index contributed by atoms with van der Waals surface area (Å²) in [6.07, 6.45) is 5.32. The summed E-state index contributed by atoms with van der Waals surface area (Å²) in [5, 5.41) is 3.61. The zero-order chi connectivity index (χ0) is 16.1. The number of benzene rings is 1. The molecule has 1 aliphatic rings. The summed E-state index contributed by atoms with van der Waals surface area (Å²) in [7, 11) is 0. The Hall–Kier alpha value is -2.33. The van der Waals surface area contributed by atoms with E-state index in [-0.39, 0.29) is 11.9 Å². The molecule has 1 aromatic carbocycles. The number of hydrogen-bond acceptors (Lipinski definition) is 3. The van der Waals surface area contributed by atoms with Crippen LogP contribution in [-0.2, 0) is 9.53 Å². The van der Waals surface area contributed by atoms with Crippen LogP contribution in [-0.4, -0.2) is 17.5 Å². The molecule has 118 valence electrons. The zero-order valence-corrected chi connectivity index (χ0v) is 13.3. The number of amides is 1. The fraction of sp³-hybridized carbons (Fsp3) is 0.222. The number of nitrogens with zero attached hydrogens (tertiary/aromatic N) is 1. The molecule has 0 aliphatic carbocycles. The van der Waals surface area contributed by atoms with Crippen LogP contribution in [0.4, 0.5) is 0 Å². The Morgan fingerprint density at radius 1 is 1.26 bits per heavy atom. The number of rotatable bonds is 4. The van der Waals surface area contributed by atoms with E-state index in [0.29, 0.717) is 17.4 Å². The van der Waals surface area contributed by atoms with Crippen molar-refractivity contribution in [3.8, 4) is 0 Å². The molecule has 2 heterocycles. The van der Waals surface area contributed by atoms with E-state index in [2.05, 4.69) is 10.3 Å². The van der Waals surface area contributed by atoms with Crippen molar-refractivity contribution in [1.29, 1.82) is 0 Å². The molecule has 5 heteroatoms. The van der Waals surface area contributed by atoms with Crippen LogP contribution in [0, 0.1) is 0 Å². The van der Waals surface area contributed by atoms with Crippen LogP contribution in [0.2, 0.25) is 5.02 Å². The van der Waals surface area contributed by atoms with Gasteiger partial charge in [-0.15, -0.1) is 0 Å². The minimum Gasteiger partial charge on any atom is -0.488 e. The maximum absolute atomic E-state index is 12.5. The van der Waals surface area contributed by atoms with Gasteiger partial charge >= 0.3 is 0 Å². The first-order valence-electron chi connectivity index (χ1n) is 7.54. The molecule has 1 amide bonds. The molecular weight excluding hydrogens is 312 g/mol. The molecule has 0 bridgehead atoms. The standard InChI is InChI=1S/C18H17ClN2O2/c19-14-7-5-6-13(12-14)17(15-8-1-3-10-20-15)21-18(22)16-9-2-4-11-23-16/h1,3,5-10,12,17H,2,4,11H2,(H,21,22). The summed E-state index contributed by atoms with van der Waals surface area (Å²) in [4.78, 5) is 16.8. The van der Waals surface area contributed by atoms with Gasteiger partial charge in [0.2, 0.25) is 0 Å². The third-order valence-corrected chi connectivity index (χ3v) is 3.84.